The highest BCUT2D eigenvalue weighted by atomic mass is 79.9. The van der Waals surface area contributed by atoms with Crippen LogP contribution in [0.5, 0.6) is 5.75 Å². The average molecular weight is 342 g/mol. The number of hydrogen-bond donors (Lipinski definition) is 3. The van der Waals surface area contributed by atoms with Gasteiger partial charge in [0.15, 0.2) is 0 Å². The number of aromatic hydroxyl groups is 1. The molecule has 1 atom stereocenters. The lowest BCUT2D eigenvalue weighted by Crippen LogP contribution is -2.41. The Morgan fingerprint density at radius 2 is 2.15 bits per heavy atom. The molecule has 0 aliphatic rings. The van der Waals surface area contributed by atoms with Crippen LogP contribution in [0, 0.1) is 0 Å². The Hall–Kier alpha value is -1.89. The lowest BCUT2D eigenvalue weighted by atomic mass is 10.2. The van der Waals surface area contributed by atoms with E-state index in [4.69, 9.17) is 0 Å². The van der Waals surface area contributed by atoms with E-state index >= 15 is 0 Å². The Bertz CT molecular complexity index is 532. The Labute approximate surface area is 125 Å². The highest BCUT2D eigenvalue weighted by molar-refractivity contribution is 9.10. The van der Waals surface area contributed by atoms with E-state index in [1.54, 1.807) is 12.1 Å². The van der Waals surface area contributed by atoms with Crippen LogP contribution in [0.3, 0.4) is 0 Å². The summed E-state index contributed by atoms with van der Waals surface area (Å²) in [6.45, 7) is 3.71. The minimum atomic E-state index is -0.820. The number of halogens is 1. The smallest absolute Gasteiger partial charge is 0.329 e. The van der Waals surface area contributed by atoms with E-state index in [1.165, 1.54) is 12.3 Å². The fraction of sp³-hybridized carbons (Fsp3) is 0.308. The molecule has 7 heteroatoms. The molecule has 0 unspecified atom stereocenters. The quantitative estimate of drug-likeness (QED) is 0.440. The van der Waals surface area contributed by atoms with Gasteiger partial charge in [0.05, 0.1) is 10.7 Å². The molecule has 1 aromatic rings. The molecule has 0 spiro atoms. The number of phenols is 1. The number of benzene rings is 1. The summed E-state index contributed by atoms with van der Waals surface area (Å²) in [7, 11) is 0. The molecule has 0 saturated carbocycles. The van der Waals surface area contributed by atoms with Crippen molar-refractivity contribution in [3.05, 3.63) is 28.2 Å². The molecule has 0 fully saturated rings. The SMILES string of the molecule is CC[C@H](C)NC(=O)C(=O)N/N=C/c1ccc(O)c(Br)c1. The van der Waals surface area contributed by atoms with E-state index in [9.17, 15) is 14.7 Å². The van der Waals surface area contributed by atoms with Crippen molar-refractivity contribution in [2.75, 3.05) is 0 Å². The maximum absolute atomic E-state index is 11.4. The van der Waals surface area contributed by atoms with Crippen molar-refractivity contribution in [3.63, 3.8) is 0 Å². The summed E-state index contributed by atoms with van der Waals surface area (Å²) in [4.78, 5) is 22.8. The summed E-state index contributed by atoms with van der Waals surface area (Å²) in [6, 6.07) is 4.67. The molecular formula is C13H16BrN3O3. The van der Waals surface area contributed by atoms with E-state index in [2.05, 4.69) is 31.8 Å². The van der Waals surface area contributed by atoms with Crippen LogP contribution in [0.4, 0.5) is 0 Å². The van der Waals surface area contributed by atoms with Gasteiger partial charge in [-0.3, -0.25) is 9.59 Å². The molecule has 108 valence electrons. The zero-order valence-electron chi connectivity index (χ0n) is 11.2. The first-order valence-electron chi connectivity index (χ1n) is 6.06. The molecular weight excluding hydrogens is 326 g/mol. The number of hydrazone groups is 1. The number of amides is 2. The van der Waals surface area contributed by atoms with Crippen LogP contribution in [-0.4, -0.2) is 29.2 Å². The molecule has 1 rings (SSSR count). The maximum Gasteiger partial charge on any atom is 0.329 e. The van der Waals surface area contributed by atoms with Crippen molar-refractivity contribution < 1.29 is 14.7 Å². The second-order valence-electron chi connectivity index (χ2n) is 4.19. The summed E-state index contributed by atoms with van der Waals surface area (Å²) < 4.78 is 0.516. The Morgan fingerprint density at radius 3 is 2.75 bits per heavy atom. The van der Waals surface area contributed by atoms with Gasteiger partial charge in [0.1, 0.15) is 5.75 Å². The normalized spacial score (nSPS) is 12.2. The van der Waals surface area contributed by atoms with E-state index in [1.807, 2.05) is 13.8 Å². The van der Waals surface area contributed by atoms with E-state index in [-0.39, 0.29) is 11.8 Å². The number of rotatable bonds is 4. The standard InChI is InChI=1S/C13H16BrN3O3/c1-3-8(2)16-12(19)13(20)17-15-7-9-4-5-11(18)10(14)6-9/h4-8,18H,3H2,1-2H3,(H,16,19)(H,17,20)/b15-7+/t8-/m0/s1. The van der Waals surface area contributed by atoms with E-state index in [0.717, 1.165) is 6.42 Å². The molecule has 20 heavy (non-hydrogen) atoms. The summed E-state index contributed by atoms with van der Waals surface area (Å²) in [5, 5.41) is 15.5. The molecule has 0 saturated heterocycles. The zero-order valence-corrected chi connectivity index (χ0v) is 12.8. The molecule has 0 aliphatic heterocycles. The predicted molar refractivity (Wildman–Crippen MR) is 79.4 cm³/mol. The molecule has 1 aromatic carbocycles. The van der Waals surface area contributed by atoms with Crippen LogP contribution >= 0.6 is 15.9 Å². The first-order chi connectivity index (χ1) is 9.43. The lowest BCUT2D eigenvalue weighted by molar-refractivity contribution is -0.139. The number of nitrogens with one attached hydrogen (secondary N) is 2. The monoisotopic (exact) mass is 341 g/mol. The molecule has 0 aliphatic carbocycles. The number of carbonyl (C=O) groups excluding carboxylic acids is 2. The summed E-state index contributed by atoms with van der Waals surface area (Å²) in [6.07, 6.45) is 2.11. The maximum atomic E-state index is 11.4. The van der Waals surface area contributed by atoms with Crippen LogP contribution in [0.25, 0.3) is 0 Å². The third kappa shape index (κ3) is 5.00. The fourth-order valence-electron chi connectivity index (χ4n) is 1.21. The van der Waals surface area contributed by atoms with E-state index < -0.39 is 11.8 Å². The second kappa shape index (κ2) is 7.64. The lowest BCUT2D eigenvalue weighted by Gasteiger charge is -2.09. The van der Waals surface area contributed by atoms with Crippen molar-refractivity contribution in [3.8, 4) is 5.75 Å². The van der Waals surface area contributed by atoms with Gasteiger partial charge < -0.3 is 10.4 Å². The first kappa shape index (κ1) is 16.2. The topological polar surface area (TPSA) is 90.8 Å². The van der Waals surface area contributed by atoms with Gasteiger partial charge in [0, 0.05) is 6.04 Å². The number of hydrogen-bond acceptors (Lipinski definition) is 4. The number of nitrogens with zero attached hydrogens (tertiary/aromatic N) is 1. The molecule has 6 nitrogen and oxygen atoms in total. The van der Waals surface area contributed by atoms with Crippen molar-refractivity contribution in [1.82, 2.24) is 10.7 Å². The van der Waals surface area contributed by atoms with Crippen LogP contribution in [0.1, 0.15) is 25.8 Å². The van der Waals surface area contributed by atoms with Gasteiger partial charge in [-0.15, -0.1) is 0 Å². The third-order valence-electron chi connectivity index (χ3n) is 2.55. The molecule has 2 amide bonds. The van der Waals surface area contributed by atoms with Gasteiger partial charge in [0.25, 0.3) is 0 Å². The second-order valence-corrected chi connectivity index (χ2v) is 5.05. The predicted octanol–water partition coefficient (Wildman–Crippen LogP) is 1.52. The van der Waals surface area contributed by atoms with Crippen LogP contribution in [-0.2, 0) is 9.59 Å². The van der Waals surface area contributed by atoms with Crippen molar-refractivity contribution >= 4 is 34.0 Å². The number of carbonyl (C=O) groups is 2. The Kier molecular flexibility index (Phi) is 6.17. The van der Waals surface area contributed by atoms with Crippen molar-refractivity contribution in [2.45, 2.75) is 26.3 Å². The van der Waals surface area contributed by atoms with Crippen molar-refractivity contribution in [1.29, 1.82) is 0 Å². The zero-order chi connectivity index (χ0) is 15.1. The van der Waals surface area contributed by atoms with Crippen molar-refractivity contribution in [2.24, 2.45) is 5.10 Å². The molecule has 0 heterocycles. The summed E-state index contributed by atoms with van der Waals surface area (Å²) in [5.74, 6) is -1.43. The fourth-order valence-corrected chi connectivity index (χ4v) is 1.61. The van der Waals surface area contributed by atoms with Crippen LogP contribution in [0.2, 0.25) is 0 Å². The highest BCUT2D eigenvalue weighted by Crippen LogP contribution is 2.23. The minimum absolute atomic E-state index is 0.0646. The summed E-state index contributed by atoms with van der Waals surface area (Å²) in [5.41, 5.74) is 2.80. The Balaban J connectivity index is 2.53. The molecule has 0 bridgehead atoms. The summed E-state index contributed by atoms with van der Waals surface area (Å²) >= 11 is 3.16. The molecule has 0 aromatic heterocycles. The van der Waals surface area contributed by atoms with Gasteiger partial charge in [-0.25, -0.2) is 5.43 Å². The van der Waals surface area contributed by atoms with Crippen LogP contribution in [0.15, 0.2) is 27.8 Å². The van der Waals surface area contributed by atoms with Gasteiger partial charge in [-0.05, 0) is 53.0 Å². The van der Waals surface area contributed by atoms with Gasteiger partial charge in [0.2, 0.25) is 0 Å². The molecule has 3 N–H and O–H groups in total. The number of phenolic OH excluding ortho intramolecular Hbond substituents is 1. The highest BCUT2D eigenvalue weighted by Gasteiger charge is 2.14. The van der Waals surface area contributed by atoms with Gasteiger partial charge in [-0.2, -0.15) is 5.10 Å². The largest absolute Gasteiger partial charge is 0.507 e. The third-order valence-corrected chi connectivity index (χ3v) is 3.18. The van der Waals surface area contributed by atoms with E-state index in [0.29, 0.717) is 10.0 Å². The Morgan fingerprint density at radius 1 is 1.45 bits per heavy atom. The van der Waals surface area contributed by atoms with Gasteiger partial charge >= 0.3 is 11.8 Å². The minimum Gasteiger partial charge on any atom is -0.507 e. The molecule has 0 radical (unpaired) electrons. The average Bonchev–Trinajstić information content (AvgIpc) is 2.42. The first-order valence-corrected chi connectivity index (χ1v) is 6.85. The van der Waals surface area contributed by atoms with Crippen LogP contribution < -0.4 is 10.7 Å². The van der Waals surface area contributed by atoms with Gasteiger partial charge in [-0.1, -0.05) is 6.92 Å².